The molecule has 0 spiro atoms. The van der Waals surface area contributed by atoms with E-state index in [1.54, 1.807) is 0 Å². The van der Waals surface area contributed by atoms with E-state index in [4.69, 9.17) is 4.99 Å². The van der Waals surface area contributed by atoms with E-state index in [0.29, 0.717) is 13.1 Å². The van der Waals surface area contributed by atoms with E-state index in [1.165, 1.54) is 22.4 Å². The first kappa shape index (κ1) is 19.9. The number of fused-ring (bicyclic) bond motifs is 2. The van der Waals surface area contributed by atoms with Crippen molar-refractivity contribution >= 4 is 30.7 Å². The number of carbonyl (C=O) groups excluding carboxylic acids is 1. The number of hydrogen-bond acceptors (Lipinski definition) is 4. The van der Waals surface area contributed by atoms with Crippen molar-refractivity contribution in [3.63, 3.8) is 0 Å². The van der Waals surface area contributed by atoms with Gasteiger partial charge in [0.2, 0.25) is 0 Å². The third-order valence-corrected chi connectivity index (χ3v) is 6.54. The number of benzene rings is 2. The van der Waals surface area contributed by atoms with Crippen LogP contribution < -0.4 is 5.46 Å². The first-order valence-corrected chi connectivity index (χ1v) is 11.0. The maximum atomic E-state index is 13.7. The number of rotatable bonds is 5. The summed E-state index contributed by atoms with van der Waals surface area (Å²) in [6, 6.07) is 16.6. The fourth-order valence-corrected chi connectivity index (χ4v) is 4.83. The summed E-state index contributed by atoms with van der Waals surface area (Å²) in [5, 5.41) is 0. The summed E-state index contributed by atoms with van der Waals surface area (Å²) in [5.74, 6) is 0.939. The fourth-order valence-electron chi connectivity index (χ4n) is 4.83. The van der Waals surface area contributed by atoms with Crippen molar-refractivity contribution in [2.75, 3.05) is 26.2 Å². The summed E-state index contributed by atoms with van der Waals surface area (Å²) in [7, 11) is 0. The van der Waals surface area contributed by atoms with Crippen LogP contribution in [0.15, 0.2) is 64.8 Å². The molecule has 0 atom stereocenters. The minimum absolute atomic E-state index is 0.108. The molecule has 3 aliphatic heterocycles. The molecule has 6 heteroatoms. The molecule has 0 fully saturated rings. The van der Waals surface area contributed by atoms with E-state index in [-0.39, 0.29) is 5.91 Å². The number of guanidine groups is 1. The zero-order valence-electron chi connectivity index (χ0n) is 18.1. The first-order chi connectivity index (χ1) is 15.2. The molecule has 2 aromatic rings. The molecule has 0 radical (unpaired) electrons. The number of nitrogens with zero attached hydrogens (tertiary/aromatic N) is 4. The first-order valence-electron chi connectivity index (χ1n) is 11.0. The normalized spacial score (nSPS) is 18.6. The second kappa shape index (κ2) is 8.27. The molecule has 156 valence electrons. The SMILES string of the molecule is C=Bc1ccccc1CN1CCC2=C(C1)C(=O)N(Cc1ccccc1C)C1=NCCN12. The number of carbonyl (C=O) groups is 1. The van der Waals surface area contributed by atoms with Gasteiger partial charge in [0.1, 0.15) is 0 Å². The van der Waals surface area contributed by atoms with Crippen molar-refractivity contribution in [3.8, 4) is 0 Å². The second-order valence-corrected chi connectivity index (χ2v) is 8.44. The Hall–Kier alpha value is -2.99. The molecule has 0 aliphatic carbocycles. The molecule has 31 heavy (non-hydrogen) atoms. The van der Waals surface area contributed by atoms with Crippen molar-refractivity contribution in [3.05, 3.63) is 76.5 Å². The Morgan fingerprint density at radius 3 is 2.61 bits per heavy atom. The van der Waals surface area contributed by atoms with Gasteiger partial charge in [-0.3, -0.25) is 0 Å². The molecule has 1 amide bonds. The number of aryl methyl sites for hydroxylation is 1. The fraction of sp³-hybridized carbons (Fsp3) is 0.320. The second-order valence-electron chi connectivity index (χ2n) is 8.44. The molecule has 5 nitrogen and oxygen atoms in total. The van der Waals surface area contributed by atoms with Crippen LogP contribution in [0.3, 0.4) is 0 Å². The Kier molecular flexibility index (Phi) is 5.32. The van der Waals surface area contributed by atoms with Crippen LogP contribution in [-0.2, 0) is 17.9 Å². The van der Waals surface area contributed by atoms with Crippen LogP contribution in [0.4, 0.5) is 0 Å². The number of aliphatic imine (C=N–C) groups is 1. The summed E-state index contributed by atoms with van der Waals surface area (Å²) >= 11 is 0. The summed E-state index contributed by atoms with van der Waals surface area (Å²) in [4.78, 5) is 24.9. The minimum atomic E-state index is 0.108. The Balaban J connectivity index is 1.42. The monoisotopic (exact) mass is 410 g/mol. The van der Waals surface area contributed by atoms with Gasteiger partial charge >= 0.3 is 178 Å². The zero-order valence-corrected chi connectivity index (χ0v) is 18.1. The molecule has 0 N–H and O–H groups in total. The van der Waals surface area contributed by atoms with Gasteiger partial charge in [-0.1, -0.05) is 6.07 Å². The van der Waals surface area contributed by atoms with E-state index in [2.05, 4.69) is 53.5 Å². The van der Waals surface area contributed by atoms with E-state index in [9.17, 15) is 4.79 Å². The van der Waals surface area contributed by atoms with E-state index >= 15 is 0 Å². The zero-order chi connectivity index (χ0) is 21.4. The molecular formula is C25H27BN4O. The van der Waals surface area contributed by atoms with Crippen LogP contribution in [0, 0.1) is 6.92 Å². The molecular weight excluding hydrogens is 383 g/mol. The van der Waals surface area contributed by atoms with Gasteiger partial charge in [0.05, 0.1) is 0 Å². The van der Waals surface area contributed by atoms with Gasteiger partial charge in [-0.05, 0) is 0 Å². The maximum absolute atomic E-state index is 13.7. The Morgan fingerprint density at radius 2 is 1.81 bits per heavy atom. The average molecular weight is 410 g/mol. The topological polar surface area (TPSA) is 39.2 Å². The molecule has 3 aliphatic rings. The summed E-state index contributed by atoms with van der Waals surface area (Å²) in [6.45, 7) is 12.6. The summed E-state index contributed by atoms with van der Waals surface area (Å²) in [6.07, 6.45) is 0.883. The van der Waals surface area contributed by atoms with Crippen LogP contribution in [0.5, 0.6) is 0 Å². The van der Waals surface area contributed by atoms with Gasteiger partial charge in [0.25, 0.3) is 0 Å². The van der Waals surface area contributed by atoms with Crippen molar-refractivity contribution in [1.29, 1.82) is 0 Å². The van der Waals surface area contributed by atoms with Gasteiger partial charge < -0.3 is 0 Å². The average Bonchev–Trinajstić information content (AvgIpc) is 3.28. The van der Waals surface area contributed by atoms with Crippen molar-refractivity contribution < 1.29 is 4.79 Å². The predicted octanol–water partition coefficient (Wildman–Crippen LogP) is 1.93. The Labute approximate surface area is 184 Å². The van der Waals surface area contributed by atoms with Crippen LogP contribution in [0.2, 0.25) is 0 Å². The van der Waals surface area contributed by atoms with Crippen LogP contribution in [0.1, 0.15) is 23.1 Å². The molecule has 0 saturated heterocycles. The molecule has 3 heterocycles. The van der Waals surface area contributed by atoms with Gasteiger partial charge in [-0.15, -0.1) is 0 Å². The van der Waals surface area contributed by atoms with Gasteiger partial charge in [-0.25, -0.2) is 0 Å². The summed E-state index contributed by atoms with van der Waals surface area (Å²) in [5.41, 5.74) is 6.89. The molecule has 0 saturated carbocycles. The van der Waals surface area contributed by atoms with Crippen LogP contribution in [0.25, 0.3) is 0 Å². The van der Waals surface area contributed by atoms with Gasteiger partial charge in [0, 0.05) is 0 Å². The van der Waals surface area contributed by atoms with Crippen LogP contribution in [-0.4, -0.2) is 66.1 Å². The quantitative estimate of drug-likeness (QED) is 0.708. The van der Waals surface area contributed by atoms with Crippen molar-refractivity contribution in [2.24, 2.45) is 4.99 Å². The van der Waals surface area contributed by atoms with E-state index in [0.717, 1.165) is 49.6 Å². The van der Waals surface area contributed by atoms with E-state index in [1.807, 2.05) is 30.0 Å². The Bertz CT molecular complexity index is 1110. The number of amides is 1. The number of hydrogen-bond donors (Lipinski definition) is 0. The van der Waals surface area contributed by atoms with Crippen molar-refractivity contribution in [2.45, 2.75) is 26.4 Å². The summed E-state index contributed by atoms with van der Waals surface area (Å²) < 4.78 is 0. The molecule has 5 rings (SSSR count). The Morgan fingerprint density at radius 1 is 1.03 bits per heavy atom. The molecule has 0 unspecified atom stereocenters. The van der Waals surface area contributed by atoms with E-state index < -0.39 is 0 Å². The van der Waals surface area contributed by atoms with Gasteiger partial charge in [-0.2, -0.15) is 0 Å². The van der Waals surface area contributed by atoms with Gasteiger partial charge in [0.15, 0.2) is 0 Å². The molecule has 2 aromatic carbocycles. The third-order valence-electron chi connectivity index (χ3n) is 6.54. The third kappa shape index (κ3) is 3.65. The predicted molar refractivity (Wildman–Crippen MR) is 127 cm³/mol. The van der Waals surface area contributed by atoms with Crippen molar-refractivity contribution in [1.82, 2.24) is 14.7 Å². The standard InChI is InChI=1S/C25H27BN4O/c1-18-7-3-4-8-19(18)16-30-24(31)21-17-28(15-20-9-5-6-10-22(20)26-2)13-11-23(21)29-14-12-27-25(29)30/h3-10H,2,11-17H2,1H3. The molecule has 0 bridgehead atoms. The van der Waals surface area contributed by atoms with Crippen LogP contribution >= 0.6 is 0 Å². The molecule has 0 aromatic heterocycles.